The lowest BCUT2D eigenvalue weighted by Gasteiger charge is -2.06. The Kier molecular flexibility index (Phi) is 3.04. The Labute approximate surface area is 115 Å². The zero-order chi connectivity index (χ0) is 13.9. The van der Waals surface area contributed by atoms with Crippen LogP contribution in [0.15, 0.2) is 42.7 Å². The lowest BCUT2D eigenvalue weighted by Crippen LogP contribution is -2.24. The van der Waals surface area contributed by atoms with Gasteiger partial charge in [0.05, 0.1) is 12.1 Å². The smallest absolute Gasteiger partial charge is 0.270 e. The zero-order valence-corrected chi connectivity index (χ0v) is 10.6. The van der Waals surface area contributed by atoms with Gasteiger partial charge in [0.15, 0.2) is 0 Å². The van der Waals surface area contributed by atoms with Gasteiger partial charge in [0.1, 0.15) is 11.5 Å². The highest BCUT2D eigenvalue weighted by Gasteiger charge is 2.10. The van der Waals surface area contributed by atoms with E-state index in [2.05, 4.69) is 20.3 Å². The van der Waals surface area contributed by atoms with E-state index in [0.717, 1.165) is 5.39 Å². The number of hydrogen-bond donors (Lipinski definition) is 3. The predicted molar refractivity (Wildman–Crippen MR) is 75.9 cm³/mol. The minimum Gasteiger partial charge on any atom is -0.398 e. The Morgan fingerprint density at radius 2 is 2.20 bits per heavy atom. The maximum Gasteiger partial charge on any atom is 0.270 e. The van der Waals surface area contributed by atoms with E-state index in [-0.39, 0.29) is 5.91 Å². The standard InChI is InChI=1S/C14H13N5O/c15-10-7-12(19-11-4-2-1-3-9(10)11)14(20)18-8-13-16-5-6-17-13/h1-7H,8H2,(H2,15,19)(H,16,17)(H,18,20). The van der Waals surface area contributed by atoms with Crippen LogP contribution in [-0.2, 0) is 6.54 Å². The number of aromatic amines is 1. The van der Waals surface area contributed by atoms with Gasteiger partial charge in [0.2, 0.25) is 0 Å². The highest BCUT2D eigenvalue weighted by Crippen LogP contribution is 2.19. The van der Waals surface area contributed by atoms with Crippen LogP contribution >= 0.6 is 0 Å². The molecule has 20 heavy (non-hydrogen) atoms. The quantitative estimate of drug-likeness (QED) is 0.669. The summed E-state index contributed by atoms with van der Waals surface area (Å²) in [5, 5.41) is 3.59. The second kappa shape index (κ2) is 5.00. The Bertz CT molecular complexity index is 751. The molecule has 0 atom stereocenters. The van der Waals surface area contributed by atoms with Crippen LogP contribution in [0.5, 0.6) is 0 Å². The van der Waals surface area contributed by atoms with Gasteiger partial charge in [0.25, 0.3) is 5.91 Å². The molecule has 0 fully saturated rings. The molecule has 2 heterocycles. The second-order valence-corrected chi connectivity index (χ2v) is 4.33. The van der Waals surface area contributed by atoms with Crippen molar-refractivity contribution in [3.05, 3.63) is 54.2 Å². The van der Waals surface area contributed by atoms with Crippen LogP contribution in [0.4, 0.5) is 5.69 Å². The fourth-order valence-corrected chi connectivity index (χ4v) is 1.97. The van der Waals surface area contributed by atoms with E-state index in [1.165, 1.54) is 0 Å². The highest BCUT2D eigenvalue weighted by molar-refractivity contribution is 5.99. The molecule has 4 N–H and O–H groups in total. The van der Waals surface area contributed by atoms with Crippen LogP contribution in [0.3, 0.4) is 0 Å². The van der Waals surface area contributed by atoms with E-state index < -0.39 is 0 Å². The van der Waals surface area contributed by atoms with Crippen molar-refractivity contribution in [3.63, 3.8) is 0 Å². The number of carbonyl (C=O) groups excluding carboxylic acids is 1. The number of para-hydroxylation sites is 1. The first-order valence-corrected chi connectivity index (χ1v) is 6.16. The number of aromatic nitrogens is 3. The van der Waals surface area contributed by atoms with Crippen molar-refractivity contribution in [3.8, 4) is 0 Å². The maximum absolute atomic E-state index is 12.1. The second-order valence-electron chi connectivity index (χ2n) is 4.33. The van der Waals surface area contributed by atoms with Crippen LogP contribution in [0.25, 0.3) is 10.9 Å². The summed E-state index contributed by atoms with van der Waals surface area (Å²) in [5.74, 6) is 0.408. The molecule has 0 aliphatic carbocycles. The lowest BCUT2D eigenvalue weighted by atomic mass is 10.1. The summed E-state index contributed by atoms with van der Waals surface area (Å²) in [4.78, 5) is 23.3. The SMILES string of the molecule is Nc1cc(C(=O)NCc2ncc[nH]2)nc2ccccc12. The number of carbonyl (C=O) groups is 1. The van der Waals surface area contributed by atoms with Gasteiger partial charge in [-0.15, -0.1) is 0 Å². The number of nitrogen functional groups attached to an aromatic ring is 1. The Hall–Kier alpha value is -2.89. The molecule has 0 radical (unpaired) electrons. The van der Waals surface area contributed by atoms with E-state index in [1.54, 1.807) is 18.5 Å². The largest absolute Gasteiger partial charge is 0.398 e. The number of H-pyrrole nitrogens is 1. The normalized spacial score (nSPS) is 10.6. The van der Waals surface area contributed by atoms with Crippen molar-refractivity contribution in [2.45, 2.75) is 6.54 Å². The summed E-state index contributed by atoms with van der Waals surface area (Å²) in [7, 11) is 0. The molecule has 0 unspecified atom stereocenters. The van der Waals surface area contributed by atoms with Crippen molar-refractivity contribution >= 4 is 22.5 Å². The summed E-state index contributed by atoms with van der Waals surface area (Å²) < 4.78 is 0. The molecule has 0 saturated heterocycles. The van der Waals surface area contributed by atoms with Gasteiger partial charge in [-0.2, -0.15) is 0 Å². The first-order valence-electron chi connectivity index (χ1n) is 6.16. The van der Waals surface area contributed by atoms with Crippen LogP contribution in [-0.4, -0.2) is 20.9 Å². The molecule has 0 saturated carbocycles. The molecule has 3 rings (SSSR count). The van der Waals surface area contributed by atoms with Gasteiger partial charge in [-0.25, -0.2) is 9.97 Å². The van der Waals surface area contributed by atoms with E-state index in [9.17, 15) is 4.79 Å². The van der Waals surface area contributed by atoms with E-state index >= 15 is 0 Å². The van der Waals surface area contributed by atoms with Crippen LogP contribution in [0.2, 0.25) is 0 Å². The number of nitrogens with one attached hydrogen (secondary N) is 2. The number of hydrogen-bond acceptors (Lipinski definition) is 4. The highest BCUT2D eigenvalue weighted by atomic mass is 16.1. The van der Waals surface area contributed by atoms with Crippen LogP contribution < -0.4 is 11.1 Å². The van der Waals surface area contributed by atoms with Gasteiger partial charge < -0.3 is 16.0 Å². The number of nitrogens with two attached hydrogens (primary N) is 1. The summed E-state index contributed by atoms with van der Waals surface area (Å²) in [6.45, 7) is 0.320. The Morgan fingerprint density at radius 1 is 1.35 bits per heavy atom. The lowest BCUT2D eigenvalue weighted by molar-refractivity contribution is 0.0945. The van der Waals surface area contributed by atoms with Gasteiger partial charge >= 0.3 is 0 Å². The monoisotopic (exact) mass is 267 g/mol. The average Bonchev–Trinajstić information content (AvgIpc) is 2.98. The molecule has 0 aliphatic rings. The van der Waals surface area contributed by atoms with E-state index in [4.69, 9.17) is 5.73 Å². The maximum atomic E-state index is 12.1. The van der Waals surface area contributed by atoms with Gasteiger partial charge in [-0.1, -0.05) is 18.2 Å². The molecule has 3 aromatic rings. The average molecular weight is 267 g/mol. The van der Waals surface area contributed by atoms with Crippen molar-refractivity contribution in [2.75, 3.05) is 5.73 Å². The minimum atomic E-state index is -0.279. The Morgan fingerprint density at radius 3 is 3.00 bits per heavy atom. The van der Waals surface area contributed by atoms with E-state index in [0.29, 0.717) is 29.3 Å². The van der Waals surface area contributed by atoms with Crippen molar-refractivity contribution in [1.29, 1.82) is 0 Å². The first kappa shape index (κ1) is 12.2. The van der Waals surface area contributed by atoms with Crippen molar-refractivity contribution < 1.29 is 4.79 Å². The molecular formula is C14H13N5O. The number of pyridine rings is 1. The molecule has 100 valence electrons. The number of benzene rings is 1. The zero-order valence-electron chi connectivity index (χ0n) is 10.6. The molecule has 1 aromatic carbocycles. The number of amides is 1. The molecule has 0 aliphatic heterocycles. The van der Waals surface area contributed by atoms with Crippen LogP contribution in [0.1, 0.15) is 16.3 Å². The topological polar surface area (TPSA) is 96.7 Å². The van der Waals surface area contributed by atoms with Crippen molar-refractivity contribution in [2.24, 2.45) is 0 Å². The fraction of sp³-hybridized carbons (Fsp3) is 0.0714. The Balaban J connectivity index is 1.84. The van der Waals surface area contributed by atoms with Crippen LogP contribution in [0, 0.1) is 0 Å². The fourth-order valence-electron chi connectivity index (χ4n) is 1.97. The molecular weight excluding hydrogens is 254 g/mol. The summed E-state index contributed by atoms with van der Waals surface area (Å²) >= 11 is 0. The third-order valence-electron chi connectivity index (χ3n) is 2.95. The van der Waals surface area contributed by atoms with E-state index in [1.807, 2.05) is 24.3 Å². The number of anilines is 1. The summed E-state index contributed by atoms with van der Waals surface area (Å²) in [5.41, 5.74) is 7.49. The molecule has 0 bridgehead atoms. The van der Waals surface area contributed by atoms with Gasteiger partial charge in [0, 0.05) is 23.5 Å². The minimum absolute atomic E-state index is 0.279. The number of nitrogens with zero attached hydrogens (tertiary/aromatic N) is 2. The number of fused-ring (bicyclic) bond motifs is 1. The summed E-state index contributed by atoms with van der Waals surface area (Å²) in [6.07, 6.45) is 3.33. The van der Waals surface area contributed by atoms with Gasteiger partial charge in [-0.3, -0.25) is 4.79 Å². The third kappa shape index (κ3) is 2.31. The van der Waals surface area contributed by atoms with Gasteiger partial charge in [-0.05, 0) is 12.1 Å². The molecule has 2 aromatic heterocycles. The molecule has 6 nitrogen and oxygen atoms in total. The third-order valence-corrected chi connectivity index (χ3v) is 2.95. The molecule has 0 spiro atoms. The number of imidazole rings is 1. The molecule has 6 heteroatoms. The predicted octanol–water partition coefficient (Wildman–Crippen LogP) is 1.47. The summed E-state index contributed by atoms with van der Waals surface area (Å²) in [6, 6.07) is 9.04. The first-order chi connectivity index (χ1) is 9.74. The molecule has 1 amide bonds. The number of rotatable bonds is 3. The van der Waals surface area contributed by atoms with Crippen molar-refractivity contribution in [1.82, 2.24) is 20.3 Å².